The predicted octanol–water partition coefficient (Wildman–Crippen LogP) is 21.8. The van der Waals surface area contributed by atoms with Gasteiger partial charge in [0.1, 0.15) is 0 Å². The minimum absolute atomic E-state index is 0.308. The molecule has 0 aliphatic heterocycles. The number of fused-ring (bicyclic) bond motifs is 11. The fraction of sp³-hybridized carbons (Fsp3) is 0.0375. The van der Waals surface area contributed by atoms with Gasteiger partial charge in [-0.1, -0.05) is 153 Å². The van der Waals surface area contributed by atoms with Crippen molar-refractivity contribution in [2.24, 2.45) is 0 Å². The quantitative estimate of drug-likeness (QED) is 0.106. The SMILES string of the molecule is CC1(C)c2ccccc2-c2cc3c(N(c4ccc5ccccc5c4)c4ccc5ncccc5c4)c4cc(N(c5ccc6ccccc6c5)c5ccc6ncccc6c5)ccc4c(N(c4ccc5ccccc5c4)c4ccc5ncccc5c4)c3cc21. The number of hydrogen-bond acceptors (Lipinski definition) is 6. The average molecular weight is 1100 g/mol. The molecule has 0 fully saturated rings. The Morgan fingerprint density at radius 1 is 0.244 bits per heavy atom. The van der Waals surface area contributed by atoms with E-state index < -0.39 is 0 Å². The Bertz CT molecular complexity index is 5220. The number of nitrogens with zero attached hydrogens (tertiary/aromatic N) is 6. The first-order valence-corrected chi connectivity index (χ1v) is 29.5. The van der Waals surface area contributed by atoms with Crippen molar-refractivity contribution in [3.63, 3.8) is 0 Å². The van der Waals surface area contributed by atoms with Crippen LogP contribution in [0.5, 0.6) is 0 Å². The molecule has 0 amide bonds. The lowest BCUT2D eigenvalue weighted by Crippen LogP contribution is -2.17. The van der Waals surface area contributed by atoms with Crippen LogP contribution in [0.4, 0.5) is 51.2 Å². The zero-order valence-corrected chi connectivity index (χ0v) is 47.4. The lowest BCUT2D eigenvalue weighted by Gasteiger charge is -2.34. The Morgan fingerprint density at radius 3 is 1.08 bits per heavy atom. The molecule has 0 radical (unpaired) electrons. The number of anilines is 9. The van der Waals surface area contributed by atoms with Crippen molar-refractivity contribution >= 4 is 138 Å². The Labute approximate surface area is 497 Å². The summed E-state index contributed by atoms with van der Waals surface area (Å²) in [5.41, 5.74) is 17.0. The second-order valence-corrected chi connectivity index (χ2v) is 23.3. The molecule has 13 aromatic carbocycles. The van der Waals surface area contributed by atoms with Crippen molar-refractivity contribution in [2.75, 3.05) is 14.7 Å². The Kier molecular flexibility index (Phi) is 11.2. The molecule has 0 unspecified atom stereocenters. The molecule has 1 aliphatic rings. The lowest BCUT2D eigenvalue weighted by atomic mass is 9.81. The highest BCUT2D eigenvalue weighted by Gasteiger charge is 2.37. The van der Waals surface area contributed by atoms with Crippen molar-refractivity contribution in [1.29, 1.82) is 0 Å². The molecule has 16 aromatic rings. The highest BCUT2D eigenvalue weighted by atomic mass is 15.2. The molecule has 3 heterocycles. The molecule has 0 saturated heterocycles. The van der Waals surface area contributed by atoms with Crippen molar-refractivity contribution in [3.8, 4) is 11.1 Å². The smallest absolute Gasteiger partial charge is 0.0703 e. The number of rotatable bonds is 9. The van der Waals surface area contributed by atoms with E-state index in [1.807, 2.05) is 36.8 Å². The van der Waals surface area contributed by atoms with E-state index in [1.54, 1.807) is 0 Å². The summed E-state index contributed by atoms with van der Waals surface area (Å²) in [5.74, 6) is 0. The van der Waals surface area contributed by atoms with Gasteiger partial charge in [0.2, 0.25) is 0 Å². The Morgan fingerprint density at radius 2 is 0.593 bits per heavy atom. The molecule has 0 atom stereocenters. The van der Waals surface area contributed by atoms with Gasteiger partial charge in [-0.3, -0.25) is 15.0 Å². The normalized spacial score (nSPS) is 12.6. The number of hydrogen-bond donors (Lipinski definition) is 0. The maximum Gasteiger partial charge on any atom is 0.0703 e. The van der Waals surface area contributed by atoms with Crippen molar-refractivity contribution < 1.29 is 0 Å². The van der Waals surface area contributed by atoms with E-state index in [1.165, 1.54) is 38.4 Å². The summed E-state index contributed by atoms with van der Waals surface area (Å²) >= 11 is 0. The minimum atomic E-state index is -0.308. The van der Waals surface area contributed by atoms with Gasteiger partial charge in [0.15, 0.2) is 0 Å². The zero-order chi connectivity index (χ0) is 57.0. The first-order chi connectivity index (χ1) is 42.4. The molecule has 1 aliphatic carbocycles. The summed E-state index contributed by atoms with van der Waals surface area (Å²) in [6.07, 6.45) is 5.63. The van der Waals surface area contributed by atoms with Crippen molar-refractivity contribution in [1.82, 2.24) is 15.0 Å². The molecule has 17 rings (SSSR count). The molecular formula is C80H54N6. The molecular weight excluding hydrogens is 1040 g/mol. The molecule has 6 heteroatoms. The van der Waals surface area contributed by atoms with Gasteiger partial charge in [0.25, 0.3) is 0 Å². The third-order valence-corrected chi connectivity index (χ3v) is 18.0. The molecule has 0 spiro atoms. The molecule has 0 bridgehead atoms. The van der Waals surface area contributed by atoms with Gasteiger partial charge in [-0.2, -0.15) is 0 Å². The van der Waals surface area contributed by atoms with E-state index in [-0.39, 0.29) is 5.41 Å². The highest BCUT2D eigenvalue weighted by molar-refractivity contribution is 6.25. The molecule has 0 saturated carbocycles. The van der Waals surface area contributed by atoms with E-state index >= 15 is 0 Å². The maximum atomic E-state index is 4.86. The van der Waals surface area contributed by atoms with Crippen LogP contribution in [0.1, 0.15) is 25.0 Å². The lowest BCUT2D eigenvalue weighted by molar-refractivity contribution is 0.661. The van der Waals surface area contributed by atoms with Crippen LogP contribution in [-0.2, 0) is 5.41 Å². The fourth-order valence-corrected chi connectivity index (χ4v) is 13.8. The van der Waals surface area contributed by atoms with Crippen LogP contribution in [0.2, 0.25) is 0 Å². The van der Waals surface area contributed by atoms with Crippen LogP contribution in [0, 0.1) is 0 Å². The van der Waals surface area contributed by atoms with Crippen LogP contribution in [0.3, 0.4) is 0 Å². The fourth-order valence-electron chi connectivity index (χ4n) is 13.8. The summed E-state index contributed by atoms with van der Waals surface area (Å²) in [7, 11) is 0. The first-order valence-electron chi connectivity index (χ1n) is 29.5. The van der Waals surface area contributed by atoms with Gasteiger partial charge in [0.05, 0.1) is 27.9 Å². The van der Waals surface area contributed by atoms with Gasteiger partial charge < -0.3 is 14.7 Å². The van der Waals surface area contributed by atoms with Gasteiger partial charge in [-0.15, -0.1) is 0 Å². The van der Waals surface area contributed by atoms with E-state index in [2.05, 4.69) is 283 Å². The number of pyridine rings is 3. The molecule has 3 aromatic heterocycles. The van der Waals surface area contributed by atoms with Gasteiger partial charge >= 0.3 is 0 Å². The van der Waals surface area contributed by atoms with Crippen molar-refractivity contribution in [3.05, 3.63) is 303 Å². The standard InChI is InChI=1S/C80H54N6/c1-80(2)73-24-10-9-23-67(73)69-49-71-72(50-74(69)80)78(85(62-29-26-52-15-4-7-18-55(52)43-62)64-33-37-76-58(46-64)21-12-40-82-76)68-35-31-66(84(60-28-25-51-14-3-6-17-54(51)42-60)61-32-36-75-57(45-61)20-11-39-81-75)48-70(68)79(71)86(63-30-27-53-16-5-8-19-56(53)44-63)65-34-38-77-59(47-65)22-13-41-83-77/h3-50H,1-2H3. The third-order valence-electron chi connectivity index (χ3n) is 18.0. The molecule has 0 N–H and O–H groups in total. The van der Waals surface area contributed by atoms with Gasteiger partial charge in [0, 0.05) is 102 Å². The number of benzene rings is 13. The summed E-state index contributed by atoms with van der Waals surface area (Å²) in [4.78, 5) is 22.0. The van der Waals surface area contributed by atoms with Crippen LogP contribution in [0.15, 0.2) is 292 Å². The summed E-state index contributed by atoms with van der Waals surface area (Å²) in [5, 5.41) is 14.6. The predicted molar refractivity (Wildman–Crippen MR) is 361 cm³/mol. The topological polar surface area (TPSA) is 48.4 Å². The second-order valence-electron chi connectivity index (χ2n) is 23.3. The number of aromatic nitrogens is 3. The Hall–Kier alpha value is -11.2. The van der Waals surface area contributed by atoms with Crippen LogP contribution in [0.25, 0.3) is 97.7 Å². The summed E-state index contributed by atoms with van der Waals surface area (Å²) in [6, 6.07) is 101. The first kappa shape index (κ1) is 49.4. The van der Waals surface area contributed by atoms with E-state index in [0.29, 0.717) is 0 Å². The van der Waals surface area contributed by atoms with E-state index in [4.69, 9.17) is 15.0 Å². The highest BCUT2D eigenvalue weighted by Crippen LogP contribution is 2.57. The Balaban J connectivity index is 1.07. The van der Waals surface area contributed by atoms with Crippen LogP contribution >= 0.6 is 0 Å². The van der Waals surface area contributed by atoms with Gasteiger partial charge in [-0.25, -0.2) is 0 Å². The van der Waals surface area contributed by atoms with Crippen molar-refractivity contribution in [2.45, 2.75) is 19.3 Å². The second kappa shape index (κ2) is 19.4. The molecule has 6 nitrogen and oxygen atoms in total. The van der Waals surface area contributed by atoms with E-state index in [9.17, 15) is 0 Å². The summed E-state index contributed by atoms with van der Waals surface area (Å²) < 4.78 is 0. The monoisotopic (exact) mass is 1100 g/mol. The largest absolute Gasteiger partial charge is 0.310 e. The average Bonchev–Trinajstić information content (AvgIpc) is 1.33. The minimum Gasteiger partial charge on any atom is -0.310 e. The molecule has 86 heavy (non-hydrogen) atoms. The van der Waals surface area contributed by atoms with E-state index in [0.717, 1.165) is 122 Å². The maximum absolute atomic E-state index is 4.86. The van der Waals surface area contributed by atoms with Crippen LogP contribution in [-0.4, -0.2) is 15.0 Å². The zero-order valence-electron chi connectivity index (χ0n) is 47.4. The molecule has 404 valence electrons. The van der Waals surface area contributed by atoms with Gasteiger partial charge in [-0.05, 0) is 188 Å². The summed E-state index contributed by atoms with van der Waals surface area (Å²) in [6.45, 7) is 4.78. The van der Waals surface area contributed by atoms with Crippen LogP contribution < -0.4 is 14.7 Å². The third kappa shape index (κ3) is 7.98.